The van der Waals surface area contributed by atoms with Crippen LogP contribution in [0.25, 0.3) is 0 Å². The molecule has 0 spiro atoms. The van der Waals surface area contributed by atoms with E-state index in [9.17, 15) is 0 Å². The number of hydrogen-bond acceptors (Lipinski definition) is 2. The first-order chi connectivity index (χ1) is 8.35. The van der Waals surface area contributed by atoms with Gasteiger partial charge in [-0.1, -0.05) is 41.9 Å². The lowest BCUT2D eigenvalue weighted by Gasteiger charge is -2.36. The number of likely N-dealkylation sites (N-methyl/N-ethyl adjacent to an activating group) is 1. The molecule has 1 N–H and O–H groups in total. The van der Waals surface area contributed by atoms with Crippen molar-refractivity contribution in [3.8, 4) is 0 Å². The summed E-state index contributed by atoms with van der Waals surface area (Å²) in [6.45, 7) is 2.96. The molecule has 0 bridgehead atoms. The number of hydrogen-bond donors (Lipinski definition) is 1. The van der Waals surface area contributed by atoms with Crippen molar-refractivity contribution in [1.29, 1.82) is 0 Å². The van der Waals surface area contributed by atoms with Gasteiger partial charge in [-0.15, -0.1) is 0 Å². The highest BCUT2D eigenvalue weighted by Crippen LogP contribution is 2.22. The molecule has 1 atom stereocenters. The van der Waals surface area contributed by atoms with Gasteiger partial charge in [0.2, 0.25) is 0 Å². The van der Waals surface area contributed by atoms with Crippen LogP contribution >= 0.6 is 11.6 Å². The topological polar surface area (TPSA) is 15.3 Å². The van der Waals surface area contributed by atoms with Crippen LogP contribution in [0.15, 0.2) is 35.9 Å². The van der Waals surface area contributed by atoms with Gasteiger partial charge >= 0.3 is 0 Å². The predicted octanol–water partition coefficient (Wildman–Crippen LogP) is 2.39. The van der Waals surface area contributed by atoms with Crippen LogP contribution in [0.3, 0.4) is 0 Å². The summed E-state index contributed by atoms with van der Waals surface area (Å²) in [5.74, 6) is 0. The van der Waals surface area contributed by atoms with Gasteiger partial charge < -0.3 is 5.32 Å². The molecule has 2 rings (SSSR count). The van der Waals surface area contributed by atoms with Crippen LogP contribution in [0.2, 0.25) is 0 Å². The van der Waals surface area contributed by atoms with E-state index in [0.29, 0.717) is 6.04 Å². The predicted molar refractivity (Wildman–Crippen MR) is 73.3 cm³/mol. The zero-order valence-electron chi connectivity index (χ0n) is 10.2. The Kier molecular flexibility index (Phi) is 4.60. The Morgan fingerprint density at radius 1 is 1.41 bits per heavy atom. The maximum atomic E-state index is 5.62. The summed E-state index contributed by atoms with van der Waals surface area (Å²) >= 11 is 5.62. The number of fused-ring (bicyclic) bond motifs is 1. The Hall–Kier alpha value is -0.830. The van der Waals surface area contributed by atoms with Gasteiger partial charge in [0, 0.05) is 31.2 Å². The van der Waals surface area contributed by atoms with Crippen molar-refractivity contribution in [3.63, 3.8) is 0 Å². The lowest BCUT2D eigenvalue weighted by Crippen LogP contribution is -2.45. The van der Waals surface area contributed by atoms with E-state index in [0.717, 1.165) is 26.1 Å². The lowest BCUT2D eigenvalue weighted by molar-refractivity contribution is 0.189. The van der Waals surface area contributed by atoms with E-state index in [2.05, 4.69) is 34.5 Å². The Morgan fingerprint density at radius 2 is 2.18 bits per heavy atom. The highest BCUT2D eigenvalue weighted by atomic mass is 35.5. The fourth-order valence-corrected chi connectivity index (χ4v) is 2.55. The molecule has 0 amide bonds. The van der Waals surface area contributed by atoms with E-state index in [1.54, 1.807) is 5.54 Å². The van der Waals surface area contributed by atoms with Crippen LogP contribution in [-0.2, 0) is 13.0 Å². The Balaban J connectivity index is 2.15. The molecule has 0 saturated heterocycles. The third-order valence-electron chi connectivity index (χ3n) is 3.33. The van der Waals surface area contributed by atoms with E-state index in [4.69, 9.17) is 11.6 Å². The fraction of sp³-hybridized carbons (Fsp3) is 0.429. The fourth-order valence-electron chi connectivity index (χ4n) is 2.47. The van der Waals surface area contributed by atoms with Gasteiger partial charge in [-0.3, -0.25) is 4.90 Å². The van der Waals surface area contributed by atoms with Crippen LogP contribution in [-0.4, -0.2) is 31.1 Å². The summed E-state index contributed by atoms with van der Waals surface area (Å²) in [5, 5.41) is 3.28. The summed E-state index contributed by atoms with van der Waals surface area (Å²) in [5.41, 5.74) is 4.54. The number of nitrogens with one attached hydrogen (secondary N) is 1. The third kappa shape index (κ3) is 3.09. The van der Waals surface area contributed by atoms with E-state index in [-0.39, 0.29) is 0 Å². The minimum Gasteiger partial charge on any atom is -0.318 e. The molecule has 92 valence electrons. The second kappa shape index (κ2) is 6.20. The molecular weight excluding hydrogens is 232 g/mol. The molecule has 1 heterocycles. The summed E-state index contributed by atoms with van der Waals surface area (Å²) in [6, 6.07) is 9.27. The van der Waals surface area contributed by atoms with Crippen LogP contribution in [0.5, 0.6) is 0 Å². The van der Waals surface area contributed by atoms with Crippen LogP contribution in [0.4, 0.5) is 0 Å². The minimum atomic E-state index is 0.558. The first-order valence-corrected chi connectivity index (χ1v) is 6.49. The molecule has 0 aliphatic carbocycles. The monoisotopic (exact) mass is 250 g/mol. The van der Waals surface area contributed by atoms with Crippen LogP contribution < -0.4 is 5.32 Å². The quantitative estimate of drug-likeness (QED) is 0.883. The van der Waals surface area contributed by atoms with Gasteiger partial charge in [-0.2, -0.15) is 0 Å². The molecule has 1 aromatic rings. The largest absolute Gasteiger partial charge is 0.318 e. The van der Waals surface area contributed by atoms with Crippen LogP contribution in [0, 0.1) is 0 Å². The SMILES string of the molecule is CNCC1Cc2ccccc2CN1C/C=C/Cl. The Morgan fingerprint density at radius 3 is 2.88 bits per heavy atom. The van der Waals surface area contributed by atoms with Crippen molar-refractivity contribution in [2.45, 2.75) is 19.0 Å². The zero-order chi connectivity index (χ0) is 12.1. The highest BCUT2D eigenvalue weighted by molar-refractivity contribution is 6.25. The van der Waals surface area contributed by atoms with Crippen molar-refractivity contribution < 1.29 is 0 Å². The van der Waals surface area contributed by atoms with Gasteiger partial charge in [0.25, 0.3) is 0 Å². The first-order valence-electron chi connectivity index (χ1n) is 6.05. The summed E-state index contributed by atoms with van der Waals surface area (Å²) in [6.07, 6.45) is 3.13. The van der Waals surface area contributed by atoms with Gasteiger partial charge in [0.1, 0.15) is 0 Å². The number of benzene rings is 1. The molecule has 0 aromatic heterocycles. The van der Waals surface area contributed by atoms with Crippen molar-refractivity contribution in [2.75, 3.05) is 20.1 Å². The molecule has 0 saturated carbocycles. The molecule has 1 aromatic carbocycles. The maximum absolute atomic E-state index is 5.62. The average molecular weight is 251 g/mol. The van der Waals surface area contributed by atoms with Crippen molar-refractivity contribution >= 4 is 11.6 Å². The van der Waals surface area contributed by atoms with E-state index in [1.165, 1.54) is 11.1 Å². The molecule has 1 unspecified atom stereocenters. The van der Waals surface area contributed by atoms with Crippen LogP contribution in [0.1, 0.15) is 11.1 Å². The van der Waals surface area contributed by atoms with E-state index >= 15 is 0 Å². The smallest absolute Gasteiger partial charge is 0.0267 e. The van der Waals surface area contributed by atoms with Gasteiger partial charge in [0.05, 0.1) is 0 Å². The van der Waals surface area contributed by atoms with E-state index in [1.807, 2.05) is 13.1 Å². The standard InChI is InChI=1S/C14H19ClN2/c1-16-10-14-9-12-5-2-3-6-13(12)11-17(14)8-4-7-15/h2-7,14,16H,8-11H2,1H3/b7-4+. The van der Waals surface area contributed by atoms with Crippen molar-refractivity contribution in [2.24, 2.45) is 0 Å². The Bertz CT molecular complexity index is 390. The number of nitrogens with zero attached hydrogens (tertiary/aromatic N) is 1. The summed E-state index contributed by atoms with van der Waals surface area (Å²) < 4.78 is 0. The molecule has 0 radical (unpaired) electrons. The van der Waals surface area contributed by atoms with Gasteiger partial charge in [0.15, 0.2) is 0 Å². The molecule has 0 fully saturated rings. The maximum Gasteiger partial charge on any atom is 0.0267 e. The molecule has 1 aliphatic heterocycles. The van der Waals surface area contributed by atoms with Crippen molar-refractivity contribution in [1.82, 2.24) is 10.2 Å². The summed E-state index contributed by atoms with van der Waals surface area (Å²) in [4.78, 5) is 2.47. The molecular formula is C14H19ClN2. The highest BCUT2D eigenvalue weighted by Gasteiger charge is 2.24. The first kappa shape index (κ1) is 12.6. The normalized spacial score (nSPS) is 20.7. The molecule has 17 heavy (non-hydrogen) atoms. The third-order valence-corrected chi connectivity index (χ3v) is 3.51. The molecule has 3 heteroatoms. The zero-order valence-corrected chi connectivity index (χ0v) is 11.0. The second-order valence-corrected chi connectivity index (χ2v) is 4.73. The van der Waals surface area contributed by atoms with Gasteiger partial charge in [-0.25, -0.2) is 0 Å². The van der Waals surface area contributed by atoms with Gasteiger partial charge in [-0.05, 0) is 24.6 Å². The molecule has 2 nitrogen and oxygen atoms in total. The summed E-state index contributed by atoms with van der Waals surface area (Å²) in [7, 11) is 2.01. The van der Waals surface area contributed by atoms with E-state index < -0.39 is 0 Å². The van der Waals surface area contributed by atoms with Crippen molar-refractivity contribution in [3.05, 3.63) is 47.0 Å². The number of rotatable bonds is 4. The number of halogens is 1. The Labute approximate surface area is 108 Å². The minimum absolute atomic E-state index is 0.558. The average Bonchev–Trinajstić information content (AvgIpc) is 2.36. The lowest BCUT2D eigenvalue weighted by atomic mass is 9.94. The molecule has 1 aliphatic rings. The second-order valence-electron chi connectivity index (χ2n) is 4.48.